The molecule has 1 aliphatic heterocycles. The lowest BCUT2D eigenvalue weighted by Crippen LogP contribution is -2.32. The van der Waals surface area contributed by atoms with Crippen LogP contribution in [0.1, 0.15) is 36.3 Å². The van der Waals surface area contributed by atoms with Crippen molar-refractivity contribution >= 4 is 5.91 Å². The molecule has 24 heavy (non-hydrogen) atoms. The first-order valence-electron chi connectivity index (χ1n) is 8.39. The van der Waals surface area contributed by atoms with Crippen LogP contribution in [0.4, 0.5) is 4.39 Å². The van der Waals surface area contributed by atoms with Gasteiger partial charge in [-0.05, 0) is 23.1 Å². The normalized spacial score (nSPS) is 21.7. The summed E-state index contributed by atoms with van der Waals surface area (Å²) in [5.74, 6) is -0.192. The van der Waals surface area contributed by atoms with Gasteiger partial charge in [0.25, 0.3) is 0 Å². The molecular weight excluding hydrogens is 303 g/mol. The van der Waals surface area contributed by atoms with Crippen LogP contribution in [0.2, 0.25) is 0 Å². The summed E-state index contributed by atoms with van der Waals surface area (Å²) in [6.45, 7) is 3.08. The van der Waals surface area contributed by atoms with Gasteiger partial charge in [0.05, 0.1) is 0 Å². The minimum atomic E-state index is -0.252. The molecule has 1 saturated heterocycles. The monoisotopic (exact) mass is 326 g/mol. The molecule has 126 valence electrons. The summed E-state index contributed by atoms with van der Waals surface area (Å²) < 4.78 is 13.9. The van der Waals surface area contributed by atoms with Crippen molar-refractivity contribution in [2.45, 2.75) is 31.2 Å². The lowest BCUT2D eigenvalue weighted by atomic mass is 9.95. The van der Waals surface area contributed by atoms with Gasteiger partial charge in [0.1, 0.15) is 5.82 Å². The Hall–Kier alpha value is -2.20. The van der Waals surface area contributed by atoms with E-state index in [1.165, 1.54) is 11.6 Å². The van der Waals surface area contributed by atoms with Crippen molar-refractivity contribution in [1.82, 2.24) is 4.90 Å². The van der Waals surface area contributed by atoms with Crippen LogP contribution >= 0.6 is 0 Å². The second-order valence-electron chi connectivity index (χ2n) is 6.61. The van der Waals surface area contributed by atoms with Gasteiger partial charge in [-0.25, -0.2) is 4.39 Å². The van der Waals surface area contributed by atoms with Crippen LogP contribution in [0, 0.1) is 5.82 Å². The molecule has 0 bridgehead atoms. The van der Waals surface area contributed by atoms with Crippen LogP contribution in [0.3, 0.4) is 0 Å². The van der Waals surface area contributed by atoms with E-state index < -0.39 is 0 Å². The highest BCUT2D eigenvalue weighted by atomic mass is 19.1. The summed E-state index contributed by atoms with van der Waals surface area (Å²) >= 11 is 0. The van der Waals surface area contributed by atoms with Gasteiger partial charge in [-0.3, -0.25) is 4.79 Å². The molecule has 4 heteroatoms. The van der Waals surface area contributed by atoms with E-state index in [0.717, 1.165) is 0 Å². The Bertz CT molecular complexity index is 704. The molecule has 0 radical (unpaired) electrons. The minimum Gasteiger partial charge on any atom is -0.340 e. The third kappa shape index (κ3) is 3.49. The van der Waals surface area contributed by atoms with E-state index in [2.05, 4.69) is 12.1 Å². The fraction of sp³-hybridized carbons (Fsp3) is 0.350. The molecular formula is C20H23FN2O. The average molecular weight is 326 g/mol. The van der Waals surface area contributed by atoms with Crippen molar-refractivity contribution in [3.8, 4) is 0 Å². The predicted molar refractivity (Wildman–Crippen MR) is 93.2 cm³/mol. The van der Waals surface area contributed by atoms with Crippen molar-refractivity contribution in [2.75, 3.05) is 13.1 Å². The Balaban J connectivity index is 1.65. The van der Waals surface area contributed by atoms with Crippen molar-refractivity contribution in [2.24, 2.45) is 5.73 Å². The lowest BCUT2D eigenvalue weighted by Gasteiger charge is -2.19. The van der Waals surface area contributed by atoms with Crippen LogP contribution in [-0.4, -0.2) is 29.9 Å². The molecule has 3 rings (SSSR count). The van der Waals surface area contributed by atoms with Crippen molar-refractivity contribution in [3.05, 3.63) is 71.5 Å². The van der Waals surface area contributed by atoms with E-state index in [1.54, 1.807) is 18.2 Å². The number of hydrogen-bond acceptors (Lipinski definition) is 2. The number of nitrogens with two attached hydrogens (primary N) is 1. The van der Waals surface area contributed by atoms with Crippen LogP contribution in [-0.2, 0) is 4.79 Å². The van der Waals surface area contributed by atoms with Crippen LogP contribution in [0.15, 0.2) is 54.6 Å². The third-order valence-corrected chi connectivity index (χ3v) is 4.86. The quantitative estimate of drug-likeness (QED) is 0.937. The highest BCUT2D eigenvalue weighted by Crippen LogP contribution is 2.29. The first kappa shape index (κ1) is 16.7. The molecule has 0 aromatic heterocycles. The number of carbonyl (C=O) groups excluding carboxylic acids is 1. The Morgan fingerprint density at radius 3 is 2.54 bits per heavy atom. The Kier molecular flexibility index (Phi) is 4.95. The second kappa shape index (κ2) is 7.14. The number of halogens is 1. The Labute approximate surface area is 142 Å². The maximum atomic E-state index is 13.9. The highest BCUT2D eigenvalue weighted by Gasteiger charge is 2.34. The number of hydrogen-bond donors (Lipinski definition) is 1. The molecule has 2 aromatic rings. The molecule has 1 amide bonds. The topological polar surface area (TPSA) is 46.3 Å². The fourth-order valence-electron chi connectivity index (χ4n) is 3.46. The Morgan fingerprint density at radius 1 is 1.17 bits per heavy atom. The summed E-state index contributed by atoms with van der Waals surface area (Å²) in [6, 6.07) is 16.7. The standard InChI is InChI=1S/C20H23FN2O/c1-14(16-9-5-6-10-18(16)21)11-20(24)23-12-17(19(22)13-23)15-7-3-2-4-8-15/h2-10,14,17,19H,11-13,22H2,1H3/t14?,17-,19+/m0/s1. The van der Waals surface area contributed by atoms with E-state index in [-0.39, 0.29) is 29.6 Å². The SMILES string of the molecule is CC(CC(=O)N1C[C@@H](N)[C@H](c2ccccc2)C1)c1ccccc1F. The van der Waals surface area contributed by atoms with Gasteiger partial charge < -0.3 is 10.6 Å². The van der Waals surface area contributed by atoms with Gasteiger partial charge in [0.15, 0.2) is 0 Å². The highest BCUT2D eigenvalue weighted by molar-refractivity contribution is 5.77. The number of amides is 1. The largest absolute Gasteiger partial charge is 0.340 e. The third-order valence-electron chi connectivity index (χ3n) is 4.86. The van der Waals surface area contributed by atoms with Gasteiger partial charge in [0, 0.05) is 31.5 Å². The molecule has 2 aromatic carbocycles. The molecule has 3 nitrogen and oxygen atoms in total. The molecule has 3 atom stereocenters. The van der Waals surface area contributed by atoms with Crippen LogP contribution in [0.25, 0.3) is 0 Å². The van der Waals surface area contributed by atoms with E-state index >= 15 is 0 Å². The maximum Gasteiger partial charge on any atom is 0.223 e. The summed E-state index contributed by atoms with van der Waals surface area (Å²) in [7, 11) is 0. The van der Waals surface area contributed by atoms with Crippen LogP contribution < -0.4 is 5.73 Å². The van der Waals surface area contributed by atoms with Gasteiger partial charge in [0.2, 0.25) is 5.91 Å². The van der Waals surface area contributed by atoms with Gasteiger partial charge >= 0.3 is 0 Å². The first-order chi connectivity index (χ1) is 11.6. The molecule has 1 aliphatic rings. The van der Waals surface area contributed by atoms with Gasteiger partial charge in [-0.2, -0.15) is 0 Å². The number of carbonyl (C=O) groups is 1. The zero-order chi connectivity index (χ0) is 17.1. The first-order valence-corrected chi connectivity index (χ1v) is 8.39. The zero-order valence-corrected chi connectivity index (χ0v) is 13.9. The van der Waals surface area contributed by atoms with E-state index in [1.807, 2.05) is 30.0 Å². The second-order valence-corrected chi connectivity index (χ2v) is 6.61. The van der Waals surface area contributed by atoms with E-state index in [4.69, 9.17) is 5.73 Å². The molecule has 2 N–H and O–H groups in total. The number of nitrogens with zero attached hydrogens (tertiary/aromatic N) is 1. The van der Waals surface area contributed by atoms with E-state index in [0.29, 0.717) is 25.1 Å². The molecule has 0 saturated carbocycles. The van der Waals surface area contributed by atoms with Gasteiger partial charge in [-0.15, -0.1) is 0 Å². The van der Waals surface area contributed by atoms with E-state index in [9.17, 15) is 9.18 Å². The van der Waals surface area contributed by atoms with Crippen LogP contribution in [0.5, 0.6) is 0 Å². The summed E-state index contributed by atoms with van der Waals surface area (Å²) in [6.07, 6.45) is 0.301. The minimum absolute atomic E-state index is 0.0413. The van der Waals surface area contributed by atoms with Gasteiger partial charge in [-0.1, -0.05) is 55.5 Å². The molecule has 0 aliphatic carbocycles. The number of benzene rings is 2. The average Bonchev–Trinajstić information content (AvgIpc) is 2.98. The number of likely N-dealkylation sites (tertiary alicyclic amines) is 1. The zero-order valence-electron chi connectivity index (χ0n) is 13.9. The smallest absolute Gasteiger partial charge is 0.223 e. The summed E-state index contributed by atoms with van der Waals surface area (Å²) in [5, 5.41) is 0. The fourth-order valence-corrected chi connectivity index (χ4v) is 3.46. The molecule has 1 fully saturated rings. The summed E-state index contributed by atoms with van der Waals surface area (Å²) in [5.41, 5.74) is 8.01. The Morgan fingerprint density at radius 2 is 1.83 bits per heavy atom. The lowest BCUT2D eigenvalue weighted by molar-refractivity contribution is -0.130. The van der Waals surface area contributed by atoms with Crippen molar-refractivity contribution < 1.29 is 9.18 Å². The predicted octanol–water partition coefficient (Wildman–Crippen LogP) is 3.27. The molecule has 1 heterocycles. The summed E-state index contributed by atoms with van der Waals surface area (Å²) in [4.78, 5) is 14.4. The molecule has 1 unspecified atom stereocenters. The number of rotatable bonds is 4. The van der Waals surface area contributed by atoms with Crippen molar-refractivity contribution in [1.29, 1.82) is 0 Å². The molecule has 0 spiro atoms. The van der Waals surface area contributed by atoms with Crippen molar-refractivity contribution in [3.63, 3.8) is 0 Å². The maximum absolute atomic E-state index is 13.9.